The summed E-state index contributed by atoms with van der Waals surface area (Å²) in [7, 11) is 3.09. The van der Waals surface area contributed by atoms with Crippen LogP contribution in [-0.2, 0) is 4.79 Å². The van der Waals surface area contributed by atoms with Crippen LogP contribution in [0.4, 0.5) is 5.69 Å². The molecule has 0 heterocycles. The van der Waals surface area contributed by atoms with Crippen molar-refractivity contribution in [3.63, 3.8) is 0 Å². The van der Waals surface area contributed by atoms with Gasteiger partial charge in [-0.05, 0) is 59.3 Å². The quantitative estimate of drug-likeness (QED) is 0.582. The molecule has 27 heavy (non-hydrogen) atoms. The van der Waals surface area contributed by atoms with E-state index in [1.54, 1.807) is 26.2 Å². The predicted molar refractivity (Wildman–Crippen MR) is 114 cm³/mol. The minimum atomic E-state index is -0.198. The van der Waals surface area contributed by atoms with Gasteiger partial charge in [-0.1, -0.05) is 19.1 Å². The van der Waals surface area contributed by atoms with Crippen molar-refractivity contribution in [2.45, 2.75) is 26.3 Å². The van der Waals surface area contributed by atoms with E-state index in [0.717, 1.165) is 14.8 Å². The Balaban J connectivity index is 2.12. The Morgan fingerprint density at radius 3 is 2.22 bits per heavy atom. The number of hydrogen-bond acceptors (Lipinski definition) is 4. The third-order valence-corrected chi connectivity index (χ3v) is 4.97. The van der Waals surface area contributed by atoms with Gasteiger partial charge in [-0.15, -0.1) is 0 Å². The number of ether oxygens (including phenoxy) is 2. The molecule has 2 rings (SSSR count). The first kappa shape index (κ1) is 21.0. The van der Waals surface area contributed by atoms with Gasteiger partial charge in [0.15, 0.2) is 11.5 Å². The smallest absolute Gasteiger partial charge is 0.252 e. The lowest BCUT2D eigenvalue weighted by atomic mass is 10.1. The number of amides is 2. The minimum Gasteiger partial charge on any atom is -0.493 e. The molecule has 0 spiro atoms. The first-order valence-electron chi connectivity index (χ1n) is 8.51. The van der Waals surface area contributed by atoms with Crippen molar-refractivity contribution < 1.29 is 19.1 Å². The second-order valence-electron chi connectivity index (χ2n) is 5.91. The molecular formula is C20H23IN2O4. The molecule has 0 bridgehead atoms. The molecule has 6 nitrogen and oxygen atoms in total. The summed E-state index contributed by atoms with van der Waals surface area (Å²) in [6, 6.07) is 10.7. The summed E-state index contributed by atoms with van der Waals surface area (Å²) in [5.41, 5.74) is 2.19. The Labute approximate surface area is 172 Å². The van der Waals surface area contributed by atoms with Crippen molar-refractivity contribution in [1.82, 2.24) is 5.32 Å². The highest BCUT2D eigenvalue weighted by atomic mass is 127. The first-order valence-corrected chi connectivity index (χ1v) is 9.59. The lowest BCUT2D eigenvalue weighted by molar-refractivity contribution is -0.115. The molecular weight excluding hydrogens is 459 g/mol. The number of nitrogens with one attached hydrogen (secondary N) is 2. The van der Waals surface area contributed by atoms with Gasteiger partial charge in [0.05, 0.1) is 25.8 Å². The predicted octanol–water partition coefficient (Wildman–Crippen LogP) is 4.15. The maximum atomic E-state index is 12.7. The maximum Gasteiger partial charge on any atom is 0.252 e. The number of benzene rings is 2. The van der Waals surface area contributed by atoms with E-state index in [9.17, 15) is 9.59 Å². The summed E-state index contributed by atoms with van der Waals surface area (Å²) in [6.45, 7) is 3.71. The summed E-state index contributed by atoms with van der Waals surface area (Å²) in [5.74, 6) is 0.853. The zero-order valence-electron chi connectivity index (χ0n) is 15.8. The second-order valence-corrected chi connectivity index (χ2v) is 7.07. The third kappa shape index (κ3) is 5.35. The Kier molecular flexibility index (Phi) is 7.46. The highest BCUT2D eigenvalue weighted by molar-refractivity contribution is 14.1. The van der Waals surface area contributed by atoms with Gasteiger partial charge in [0.2, 0.25) is 5.91 Å². The molecule has 0 aromatic heterocycles. The van der Waals surface area contributed by atoms with Crippen LogP contribution < -0.4 is 20.1 Å². The fraction of sp³-hybridized carbons (Fsp3) is 0.300. The van der Waals surface area contributed by atoms with Crippen LogP contribution in [0.5, 0.6) is 11.5 Å². The van der Waals surface area contributed by atoms with Crippen molar-refractivity contribution in [2.24, 2.45) is 0 Å². The van der Waals surface area contributed by atoms with Gasteiger partial charge in [-0.3, -0.25) is 9.59 Å². The highest BCUT2D eigenvalue weighted by Gasteiger charge is 2.18. The lowest BCUT2D eigenvalue weighted by Gasteiger charge is -2.17. The van der Waals surface area contributed by atoms with Gasteiger partial charge >= 0.3 is 0 Å². The Hall–Kier alpha value is -2.29. The van der Waals surface area contributed by atoms with Gasteiger partial charge in [-0.2, -0.15) is 0 Å². The zero-order valence-corrected chi connectivity index (χ0v) is 17.9. The molecule has 0 saturated heterocycles. The topological polar surface area (TPSA) is 76.7 Å². The van der Waals surface area contributed by atoms with Crippen LogP contribution in [0.1, 0.15) is 42.2 Å². The summed E-state index contributed by atoms with van der Waals surface area (Å²) < 4.78 is 11.3. The minimum absolute atomic E-state index is 0.0351. The molecule has 0 aliphatic carbocycles. The summed E-state index contributed by atoms with van der Waals surface area (Å²) in [4.78, 5) is 24.1. The van der Waals surface area contributed by atoms with Gasteiger partial charge < -0.3 is 20.1 Å². The van der Waals surface area contributed by atoms with Crippen molar-refractivity contribution in [3.05, 3.63) is 51.1 Å². The highest BCUT2D eigenvalue weighted by Crippen LogP contribution is 2.31. The molecule has 2 aromatic carbocycles. The van der Waals surface area contributed by atoms with Gasteiger partial charge in [0.25, 0.3) is 5.91 Å². The van der Waals surface area contributed by atoms with E-state index in [4.69, 9.17) is 9.47 Å². The standard InChI is InChI=1S/C20H23IN2O4/c1-5-19(24)23-14-8-6-13(7-9-14)12(2)22-20(25)15-10-17(26-3)18(27-4)11-16(15)21/h6-12H,5H2,1-4H3,(H,22,25)(H,23,24). The van der Waals surface area contributed by atoms with Gasteiger partial charge in [0, 0.05) is 15.7 Å². The third-order valence-electron chi connectivity index (χ3n) is 4.08. The molecule has 2 aromatic rings. The van der Waals surface area contributed by atoms with Crippen molar-refractivity contribution >= 4 is 40.1 Å². The van der Waals surface area contributed by atoms with E-state index < -0.39 is 0 Å². The average Bonchev–Trinajstić information content (AvgIpc) is 2.67. The normalized spacial score (nSPS) is 11.4. The zero-order chi connectivity index (χ0) is 20.0. The fourth-order valence-electron chi connectivity index (χ4n) is 2.49. The van der Waals surface area contributed by atoms with E-state index in [2.05, 4.69) is 33.2 Å². The van der Waals surface area contributed by atoms with Crippen LogP contribution in [0, 0.1) is 3.57 Å². The molecule has 0 aliphatic heterocycles. The molecule has 2 amide bonds. The molecule has 2 N–H and O–H groups in total. The maximum absolute atomic E-state index is 12.7. The van der Waals surface area contributed by atoms with Crippen LogP contribution in [-0.4, -0.2) is 26.0 Å². The second kappa shape index (κ2) is 9.59. The van der Waals surface area contributed by atoms with Crippen molar-refractivity contribution in [2.75, 3.05) is 19.5 Å². The Morgan fingerprint density at radius 1 is 1.07 bits per heavy atom. The van der Waals surface area contributed by atoms with Crippen molar-refractivity contribution in [3.8, 4) is 11.5 Å². The molecule has 0 aliphatic rings. The SMILES string of the molecule is CCC(=O)Nc1ccc(C(C)NC(=O)c2cc(OC)c(OC)cc2I)cc1. The van der Waals surface area contributed by atoms with E-state index in [0.29, 0.717) is 23.5 Å². The number of rotatable bonds is 7. The first-order chi connectivity index (χ1) is 12.9. The van der Waals surface area contributed by atoms with E-state index in [-0.39, 0.29) is 17.9 Å². The molecule has 1 unspecified atom stereocenters. The van der Waals surface area contributed by atoms with E-state index in [1.807, 2.05) is 31.2 Å². The Morgan fingerprint density at radius 2 is 1.67 bits per heavy atom. The summed E-state index contributed by atoms with van der Waals surface area (Å²) in [6.07, 6.45) is 0.429. The molecule has 7 heteroatoms. The molecule has 0 saturated carbocycles. The lowest BCUT2D eigenvalue weighted by Crippen LogP contribution is -2.27. The number of halogens is 1. The van der Waals surface area contributed by atoms with Crippen LogP contribution >= 0.6 is 22.6 Å². The van der Waals surface area contributed by atoms with E-state index >= 15 is 0 Å². The monoisotopic (exact) mass is 482 g/mol. The van der Waals surface area contributed by atoms with Crippen LogP contribution in [0.2, 0.25) is 0 Å². The van der Waals surface area contributed by atoms with Crippen LogP contribution in [0.25, 0.3) is 0 Å². The fourth-order valence-corrected chi connectivity index (χ4v) is 3.17. The Bertz CT molecular complexity index is 821. The van der Waals surface area contributed by atoms with Crippen LogP contribution in [0.15, 0.2) is 36.4 Å². The summed E-state index contributed by atoms with van der Waals surface area (Å²) in [5, 5.41) is 5.79. The molecule has 1 atom stereocenters. The molecule has 0 fully saturated rings. The molecule has 144 valence electrons. The van der Waals surface area contributed by atoms with E-state index in [1.165, 1.54) is 7.11 Å². The largest absolute Gasteiger partial charge is 0.493 e. The van der Waals surface area contributed by atoms with Gasteiger partial charge in [0.1, 0.15) is 0 Å². The number of carbonyl (C=O) groups is 2. The number of hydrogen-bond donors (Lipinski definition) is 2. The average molecular weight is 482 g/mol. The van der Waals surface area contributed by atoms with Crippen molar-refractivity contribution in [1.29, 1.82) is 0 Å². The number of carbonyl (C=O) groups excluding carboxylic acids is 2. The van der Waals surface area contributed by atoms with Crippen LogP contribution in [0.3, 0.4) is 0 Å². The molecule has 0 radical (unpaired) electrons. The number of anilines is 1. The summed E-state index contributed by atoms with van der Waals surface area (Å²) >= 11 is 2.10. The van der Waals surface area contributed by atoms with Gasteiger partial charge in [-0.25, -0.2) is 0 Å². The number of methoxy groups -OCH3 is 2.